The van der Waals surface area contributed by atoms with Gasteiger partial charge in [-0.15, -0.1) is 21.5 Å². The van der Waals surface area contributed by atoms with E-state index >= 15 is 0 Å². The maximum atomic E-state index is 13.5. The number of methoxy groups -OCH3 is 2. The Bertz CT molecular complexity index is 1770. The number of ether oxygens (including phenoxy) is 4. The number of benzene rings is 2. The van der Waals surface area contributed by atoms with E-state index in [1.165, 1.54) is 14.2 Å². The van der Waals surface area contributed by atoms with Gasteiger partial charge in [0.15, 0.2) is 11.0 Å². The maximum Gasteiger partial charge on any atom is 0.348 e. The van der Waals surface area contributed by atoms with E-state index in [9.17, 15) is 19.2 Å². The topological polar surface area (TPSA) is 160 Å². The molecule has 15 heteroatoms. The van der Waals surface area contributed by atoms with Gasteiger partial charge in [-0.2, -0.15) is 0 Å². The molecule has 47 heavy (non-hydrogen) atoms. The van der Waals surface area contributed by atoms with Gasteiger partial charge in [0.2, 0.25) is 5.91 Å². The maximum absolute atomic E-state index is 13.5. The first-order valence-corrected chi connectivity index (χ1v) is 16.3. The summed E-state index contributed by atoms with van der Waals surface area (Å²) < 4.78 is 22.9. The molecule has 0 unspecified atom stereocenters. The SMILES string of the molecule is CCOC(=O)c1sc(NC(=O)[C@H](C)Sc2nnc(CNC(=O)c3cccc(OC)c3)n2-c2ccccc2OC)c(C(=O)OCC)c1C. The normalized spacial score (nSPS) is 11.4. The van der Waals surface area contributed by atoms with Crippen molar-refractivity contribution in [1.29, 1.82) is 0 Å². The standard InChI is InChI=1S/C32H35N5O8S2/c1-7-44-30(40)25-18(3)26(31(41)45-8-2)47-29(25)34-27(38)19(4)46-32-36-35-24(37(32)22-14-9-10-15-23(22)43-6)17-33-28(39)20-12-11-13-21(16-20)42-5/h9-16,19H,7-8,17H2,1-6H3,(H,33,39)(H,34,38)/t19-/m0/s1. The molecule has 0 bridgehead atoms. The number of hydrogen-bond donors (Lipinski definition) is 2. The quantitative estimate of drug-likeness (QED) is 0.135. The summed E-state index contributed by atoms with van der Waals surface area (Å²) >= 11 is 2.05. The molecule has 2 amide bonds. The molecule has 0 spiro atoms. The Morgan fingerprint density at radius 1 is 0.957 bits per heavy atom. The van der Waals surface area contributed by atoms with Gasteiger partial charge in [0, 0.05) is 5.56 Å². The Morgan fingerprint density at radius 3 is 2.38 bits per heavy atom. The number of hydrogen-bond acceptors (Lipinski definition) is 12. The number of carbonyl (C=O) groups excluding carboxylic acids is 4. The number of nitrogens with zero attached hydrogens (tertiary/aromatic N) is 3. The van der Waals surface area contributed by atoms with Crippen molar-refractivity contribution in [2.24, 2.45) is 0 Å². The molecule has 1 atom stereocenters. The van der Waals surface area contributed by atoms with E-state index in [4.69, 9.17) is 18.9 Å². The number of amides is 2. The summed E-state index contributed by atoms with van der Waals surface area (Å²) in [7, 11) is 3.06. The molecule has 2 heterocycles. The Kier molecular flexibility index (Phi) is 12.0. The van der Waals surface area contributed by atoms with E-state index in [0.717, 1.165) is 23.1 Å². The molecular formula is C32H35N5O8S2. The highest BCUT2D eigenvalue weighted by Crippen LogP contribution is 2.36. The molecule has 0 aliphatic heterocycles. The summed E-state index contributed by atoms with van der Waals surface area (Å²) in [6, 6.07) is 14.0. The lowest BCUT2D eigenvalue weighted by molar-refractivity contribution is -0.115. The van der Waals surface area contributed by atoms with E-state index in [2.05, 4.69) is 20.8 Å². The number of thiophene rings is 1. The Hall–Kier alpha value is -4.89. The Labute approximate surface area is 280 Å². The van der Waals surface area contributed by atoms with Crippen LogP contribution in [0.2, 0.25) is 0 Å². The Balaban J connectivity index is 1.61. The van der Waals surface area contributed by atoms with Crippen LogP contribution in [0.1, 0.15) is 62.5 Å². The lowest BCUT2D eigenvalue weighted by Gasteiger charge is -2.16. The third kappa shape index (κ3) is 8.10. The van der Waals surface area contributed by atoms with Crippen LogP contribution < -0.4 is 20.1 Å². The van der Waals surface area contributed by atoms with Gasteiger partial charge in [0.1, 0.15) is 21.4 Å². The average Bonchev–Trinajstić information content (AvgIpc) is 3.62. The zero-order chi connectivity index (χ0) is 34.1. The molecule has 0 saturated heterocycles. The molecule has 2 N–H and O–H groups in total. The molecule has 0 saturated carbocycles. The van der Waals surface area contributed by atoms with Crippen molar-refractivity contribution in [1.82, 2.24) is 20.1 Å². The van der Waals surface area contributed by atoms with Crippen LogP contribution in [-0.2, 0) is 20.8 Å². The average molecular weight is 682 g/mol. The van der Waals surface area contributed by atoms with Crippen molar-refractivity contribution >= 4 is 51.9 Å². The number of nitrogens with one attached hydrogen (secondary N) is 2. The van der Waals surface area contributed by atoms with E-state index < -0.39 is 23.1 Å². The molecule has 4 aromatic rings. The number of aromatic nitrogens is 3. The minimum atomic E-state index is -0.754. The van der Waals surface area contributed by atoms with Gasteiger partial charge < -0.3 is 29.6 Å². The fraction of sp³-hybridized carbons (Fsp3) is 0.312. The molecule has 0 aliphatic carbocycles. The van der Waals surface area contributed by atoms with Gasteiger partial charge in [0.25, 0.3) is 5.91 Å². The van der Waals surface area contributed by atoms with E-state index in [0.29, 0.717) is 39.3 Å². The first kappa shape index (κ1) is 35.0. The summed E-state index contributed by atoms with van der Waals surface area (Å²) in [5.74, 6) is -0.607. The number of esters is 2. The molecule has 4 rings (SSSR count). The second kappa shape index (κ2) is 16.1. The second-order valence-electron chi connectivity index (χ2n) is 9.77. The Morgan fingerprint density at radius 2 is 1.68 bits per heavy atom. The summed E-state index contributed by atoms with van der Waals surface area (Å²) in [6.45, 7) is 6.90. The molecule has 2 aromatic heterocycles. The fourth-order valence-electron chi connectivity index (χ4n) is 4.44. The van der Waals surface area contributed by atoms with Crippen molar-refractivity contribution in [3.8, 4) is 17.2 Å². The van der Waals surface area contributed by atoms with Crippen molar-refractivity contribution < 1.29 is 38.1 Å². The summed E-state index contributed by atoms with van der Waals surface area (Å²) in [4.78, 5) is 52.1. The van der Waals surface area contributed by atoms with Gasteiger partial charge in [-0.1, -0.05) is 30.0 Å². The predicted molar refractivity (Wildman–Crippen MR) is 177 cm³/mol. The van der Waals surface area contributed by atoms with Gasteiger partial charge in [-0.05, 0) is 63.6 Å². The van der Waals surface area contributed by atoms with E-state index in [1.807, 2.05) is 12.1 Å². The fourth-order valence-corrected chi connectivity index (χ4v) is 6.41. The van der Waals surface area contributed by atoms with Crippen LogP contribution in [0.4, 0.5) is 5.00 Å². The zero-order valence-corrected chi connectivity index (χ0v) is 28.4. The molecule has 248 valence electrons. The monoisotopic (exact) mass is 681 g/mol. The third-order valence-electron chi connectivity index (χ3n) is 6.74. The van der Waals surface area contributed by atoms with Crippen molar-refractivity contribution in [3.05, 3.63) is 75.9 Å². The number of thioether (sulfide) groups is 1. The van der Waals surface area contributed by atoms with Crippen LogP contribution in [-0.4, -0.2) is 71.2 Å². The van der Waals surface area contributed by atoms with Crippen LogP contribution >= 0.6 is 23.1 Å². The molecular weight excluding hydrogens is 647 g/mol. The van der Waals surface area contributed by atoms with Gasteiger partial charge in [-0.25, -0.2) is 9.59 Å². The minimum Gasteiger partial charge on any atom is -0.497 e. The predicted octanol–water partition coefficient (Wildman–Crippen LogP) is 5.06. The van der Waals surface area contributed by atoms with Crippen LogP contribution in [0.25, 0.3) is 5.69 Å². The van der Waals surface area contributed by atoms with Crippen molar-refractivity contribution in [3.63, 3.8) is 0 Å². The summed E-state index contributed by atoms with van der Waals surface area (Å²) in [5, 5.41) is 14.1. The third-order valence-corrected chi connectivity index (χ3v) is 8.97. The van der Waals surface area contributed by atoms with Crippen LogP contribution in [0, 0.1) is 6.92 Å². The second-order valence-corrected chi connectivity index (χ2v) is 12.1. The van der Waals surface area contributed by atoms with Gasteiger partial charge in [-0.3, -0.25) is 14.2 Å². The van der Waals surface area contributed by atoms with Gasteiger partial charge >= 0.3 is 11.9 Å². The number of carbonyl (C=O) groups is 4. The first-order valence-electron chi connectivity index (χ1n) is 14.6. The highest BCUT2D eigenvalue weighted by Gasteiger charge is 2.29. The van der Waals surface area contributed by atoms with Crippen LogP contribution in [0.15, 0.2) is 53.7 Å². The van der Waals surface area contributed by atoms with Crippen molar-refractivity contribution in [2.75, 3.05) is 32.8 Å². The molecule has 0 fully saturated rings. The highest BCUT2D eigenvalue weighted by atomic mass is 32.2. The number of rotatable bonds is 14. The molecule has 2 aromatic carbocycles. The number of para-hydroxylation sites is 2. The minimum absolute atomic E-state index is 0.0102. The van der Waals surface area contributed by atoms with E-state index in [-0.39, 0.29) is 41.1 Å². The van der Waals surface area contributed by atoms with Gasteiger partial charge in [0.05, 0.1) is 50.5 Å². The van der Waals surface area contributed by atoms with E-state index in [1.54, 1.807) is 68.7 Å². The zero-order valence-electron chi connectivity index (χ0n) is 26.7. The highest BCUT2D eigenvalue weighted by molar-refractivity contribution is 8.00. The largest absolute Gasteiger partial charge is 0.497 e. The lowest BCUT2D eigenvalue weighted by Crippen LogP contribution is -2.25. The van der Waals surface area contributed by atoms with Crippen LogP contribution in [0.3, 0.4) is 0 Å². The summed E-state index contributed by atoms with van der Waals surface area (Å²) in [6.07, 6.45) is 0. The smallest absolute Gasteiger partial charge is 0.348 e. The lowest BCUT2D eigenvalue weighted by atomic mass is 10.1. The van der Waals surface area contributed by atoms with Crippen LogP contribution in [0.5, 0.6) is 11.5 Å². The molecule has 0 radical (unpaired) electrons. The van der Waals surface area contributed by atoms with Crippen molar-refractivity contribution in [2.45, 2.75) is 44.6 Å². The molecule has 13 nitrogen and oxygen atoms in total. The summed E-state index contributed by atoms with van der Waals surface area (Å²) in [5.41, 5.74) is 1.46. The molecule has 0 aliphatic rings. The first-order chi connectivity index (χ1) is 22.6. The number of anilines is 1.